The van der Waals surface area contributed by atoms with Crippen LogP contribution in [0.1, 0.15) is 53.4 Å². The highest BCUT2D eigenvalue weighted by atomic mass is 16.2. The highest BCUT2D eigenvalue weighted by molar-refractivity contribution is 5.76. The average molecular weight is 214 g/mol. The van der Waals surface area contributed by atoms with E-state index in [0.717, 1.165) is 19.3 Å². The summed E-state index contributed by atoms with van der Waals surface area (Å²) in [5.74, 6) is 0.225. The predicted molar refractivity (Wildman–Crippen MR) is 64.6 cm³/mol. The summed E-state index contributed by atoms with van der Waals surface area (Å²) in [6.07, 6.45) is 3.40. The summed E-state index contributed by atoms with van der Waals surface area (Å²) < 4.78 is 0. The van der Waals surface area contributed by atoms with Crippen LogP contribution >= 0.6 is 0 Å². The molecular weight excluding hydrogens is 188 g/mol. The van der Waals surface area contributed by atoms with Gasteiger partial charge in [0.15, 0.2) is 0 Å². The molecule has 0 fully saturated rings. The van der Waals surface area contributed by atoms with Crippen molar-refractivity contribution in [2.45, 2.75) is 65.0 Å². The van der Waals surface area contributed by atoms with Crippen LogP contribution in [0.2, 0.25) is 0 Å². The topological polar surface area (TPSA) is 46.3 Å². The molecule has 90 valence electrons. The Hall–Kier alpha value is -0.570. The Morgan fingerprint density at radius 2 is 2.00 bits per heavy atom. The third kappa shape index (κ3) is 5.17. The Balaban J connectivity index is 4.00. The largest absolute Gasteiger partial charge is 0.341 e. The quantitative estimate of drug-likeness (QED) is 0.736. The van der Waals surface area contributed by atoms with Crippen LogP contribution in [0.3, 0.4) is 0 Å². The molecule has 0 aromatic rings. The Bertz CT molecular complexity index is 200. The number of hydrogen-bond acceptors (Lipinski definition) is 2. The summed E-state index contributed by atoms with van der Waals surface area (Å²) in [5, 5.41) is 0. The molecule has 3 nitrogen and oxygen atoms in total. The van der Waals surface area contributed by atoms with Crippen molar-refractivity contribution in [2.75, 3.05) is 7.05 Å². The van der Waals surface area contributed by atoms with Gasteiger partial charge in [-0.05, 0) is 40.0 Å². The Morgan fingerprint density at radius 1 is 1.47 bits per heavy atom. The van der Waals surface area contributed by atoms with Crippen molar-refractivity contribution in [3.63, 3.8) is 0 Å². The van der Waals surface area contributed by atoms with Gasteiger partial charge in [0.2, 0.25) is 5.91 Å². The van der Waals surface area contributed by atoms with E-state index >= 15 is 0 Å². The number of nitrogens with two attached hydrogens (primary N) is 1. The zero-order valence-corrected chi connectivity index (χ0v) is 10.8. The molecule has 0 aromatic carbocycles. The molecule has 0 spiro atoms. The molecule has 0 aliphatic rings. The fourth-order valence-electron chi connectivity index (χ4n) is 1.32. The van der Waals surface area contributed by atoms with Crippen molar-refractivity contribution in [1.82, 2.24) is 4.90 Å². The van der Waals surface area contributed by atoms with Crippen LogP contribution in [-0.4, -0.2) is 29.4 Å². The molecular formula is C12H26N2O. The maximum Gasteiger partial charge on any atom is 0.222 e. The molecule has 0 aromatic heterocycles. The van der Waals surface area contributed by atoms with E-state index in [4.69, 9.17) is 5.73 Å². The highest BCUT2D eigenvalue weighted by Crippen LogP contribution is 2.18. The van der Waals surface area contributed by atoms with Crippen LogP contribution in [0, 0.1) is 0 Å². The van der Waals surface area contributed by atoms with Gasteiger partial charge in [-0.1, -0.05) is 6.92 Å². The number of rotatable bonds is 6. The van der Waals surface area contributed by atoms with E-state index in [1.807, 2.05) is 18.9 Å². The van der Waals surface area contributed by atoms with Gasteiger partial charge in [-0.3, -0.25) is 4.79 Å². The molecule has 0 aliphatic heterocycles. The zero-order chi connectivity index (χ0) is 12.1. The minimum atomic E-state index is -0.0363. The standard InChI is InChI=1S/C12H26N2O/c1-6-12(3,4)14(5)11(15)9-7-8-10(2)13/h10H,6-9,13H2,1-5H3. The zero-order valence-electron chi connectivity index (χ0n) is 10.8. The van der Waals surface area contributed by atoms with Gasteiger partial charge >= 0.3 is 0 Å². The van der Waals surface area contributed by atoms with E-state index in [1.165, 1.54) is 0 Å². The number of carbonyl (C=O) groups excluding carboxylic acids is 1. The molecule has 0 saturated carbocycles. The van der Waals surface area contributed by atoms with Crippen molar-refractivity contribution in [3.05, 3.63) is 0 Å². The molecule has 2 N–H and O–H groups in total. The van der Waals surface area contributed by atoms with Crippen molar-refractivity contribution >= 4 is 5.91 Å². The van der Waals surface area contributed by atoms with Crippen molar-refractivity contribution in [1.29, 1.82) is 0 Å². The molecule has 0 bridgehead atoms. The maximum absolute atomic E-state index is 11.8. The van der Waals surface area contributed by atoms with Crippen LogP contribution in [0.4, 0.5) is 0 Å². The Morgan fingerprint density at radius 3 is 2.40 bits per heavy atom. The summed E-state index contributed by atoms with van der Waals surface area (Å²) in [5.41, 5.74) is 5.61. The minimum Gasteiger partial charge on any atom is -0.341 e. The molecule has 1 unspecified atom stereocenters. The Kier molecular flexibility index (Phi) is 5.88. The van der Waals surface area contributed by atoms with E-state index in [2.05, 4.69) is 20.8 Å². The van der Waals surface area contributed by atoms with Crippen molar-refractivity contribution in [3.8, 4) is 0 Å². The van der Waals surface area contributed by atoms with Crippen LogP contribution in [-0.2, 0) is 4.79 Å². The SMILES string of the molecule is CCC(C)(C)N(C)C(=O)CCCC(C)N. The van der Waals surface area contributed by atoms with Crippen LogP contribution in [0.5, 0.6) is 0 Å². The predicted octanol–water partition coefficient (Wildman–Crippen LogP) is 2.15. The summed E-state index contributed by atoms with van der Waals surface area (Å²) in [6.45, 7) is 8.27. The van der Waals surface area contributed by atoms with Gasteiger partial charge < -0.3 is 10.6 Å². The molecule has 0 saturated heterocycles. The lowest BCUT2D eigenvalue weighted by Gasteiger charge is -2.35. The van der Waals surface area contributed by atoms with Crippen LogP contribution in [0.25, 0.3) is 0 Å². The fourth-order valence-corrected chi connectivity index (χ4v) is 1.32. The minimum absolute atomic E-state index is 0.0363. The number of carbonyl (C=O) groups is 1. The summed E-state index contributed by atoms with van der Waals surface area (Å²) in [7, 11) is 1.89. The van der Waals surface area contributed by atoms with Gasteiger partial charge in [-0.25, -0.2) is 0 Å². The van der Waals surface area contributed by atoms with E-state index in [0.29, 0.717) is 6.42 Å². The second-order valence-electron chi connectivity index (χ2n) is 4.99. The first-order chi connectivity index (χ1) is 6.81. The first-order valence-electron chi connectivity index (χ1n) is 5.83. The normalized spacial score (nSPS) is 13.7. The van der Waals surface area contributed by atoms with E-state index < -0.39 is 0 Å². The van der Waals surface area contributed by atoms with Gasteiger partial charge in [0.1, 0.15) is 0 Å². The smallest absolute Gasteiger partial charge is 0.222 e. The molecule has 0 heterocycles. The molecule has 15 heavy (non-hydrogen) atoms. The third-order valence-corrected chi connectivity index (χ3v) is 3.20. The van der Waals surface area contributed by atoms with Gasteiger partial charge in [0.05, 0.1) is 0 Å². The van der Waals surface area contributed by atoms with Crippen molar-refractivity contribution < 1.29 is 4.79 Å². The number of nitrogens with zero attached hydrogens (tertiary/aromatic N) is 1. The lowest BCUT2D eigenvalue weighted by atomic mass is 9.99. The monoisotopic (exact) mass is 214 g/mol. The summed E-state index contributed by atoms with van der Waals surface area (Å²) >= 11 is 0. The number of amides is 1. The van der Waals surface area contributed by atoms with Crippen molar-refractivity contribution in [2.24, 2.45) is 5.73 Å². The van der Waals surface area contributed by atoms with Gasteiger partial charge in [-0.2, -0.15) is 0 Å². The molecule has 3 heteroatoms. The Labute approximate surface area is 94.0 Å². The molecule has 1 atom stereocenters. The molecule has 1 amide bonds. The third-order valence-electron chi connectivity index (χ3n) is 3.20. The first-order valence-corrected chi connectivity index (χ1v) is 5.83. The molecule has 0 aliphatic carbocycles. The summed E-state index contributed by atoms with van der Waals surface area (Å²) in [4.78, 5) is 13.7. The van der Waals surface area contributed by atoms with E-state index in [9.17, 15) is 4.79 Å². The maximum atomic E-state index is 11.8. The number of hydrogen-bond donors (Lipinski definition) is 1. The van der Waals surface area contributed by atoms with E-state index in [1.54, 1.807) is 0 Å². The second kappa shape index (κ2) is 6.11. The van der Waals surface area contributed by atoms with Gasteiger partial charge in [-0.15, -0.1) is 0 Å². The van der Waals surface area contributed by atoms with E-state index in [-0.39, 0.29) is 17.5 Å². The highest BCUT2D eigenvalue weighted by Gasteiger charge is 2.24. The van der Waals surface area contributed by atoms with Crippen LogP contribution < -0.4 is 5.73 Å². The second-order valence-corrected chi connectivity index (χ2v) is 4.99. The molecule has 0 rings (SSSR count). The first kappa shape index (κ1) is 14.4. The van der Waals surface area contributed by atoms with Gasteiger partial charge in [0, 0.05) is 25.0 Å². The lowest BCUT2D eigenvalue weighted by Crippen LogP contribution is -2.44. The lowest BCUT2D eigenvalue weighted by molar-refractivity contribution is -0.134. The molecule has 0 radical (unpaired) electrons. The van der Waals surface area contributed by atoms with Gasteiger partial charge in [0.25, 0.3) is 0 Å². The average Bonchev–Trinajstić information content (AvgIpc) is 2.15. The van der Waals surface area contributed by atoms with Crippen LogP contribution in [0.15, 0.2) is 0 Å². The summed E-state index contributed by atoms with van der Waals surface area (Å²) in [6, 6.07) is 0.197. The fraction of sp³-hybridized carbons (Fsp3) is 0.917.